The number of ether oxygens (including phenoxy) is 1. The molecule has 1 N–H and O–H groups in total. The Hall–Kier alpha value is -2.27. The van der Waals surface area contributed by atoms with Crippen molar-refractivity contribution in [2.45, 2.75) is 19.4 Å². The first-order valence-electron chi connectivity index (χ1n) is 6.65. The van der Waals surface area contributed by atoms with Crippen molar-refractivity contribution in [3.63, 3.8) is 0 Å². The number of carbonyl (C=O) groups is 1. The Morgan fingerprint density at radius 2 is 1.95 bits per heavy atom. The van der Waals surface area contributed by atoms with Crippen LogP contribution >= 0.6 is 0 Å². The van der Waals surface area contributed by atoms with Gasteiger partial charge in [-0.25, -0.2) is 9.18 Å². The number of aromatic nitrogens is 1. The summed E-state index contributed by atoms with van der Waals surface area (Å²) in [5, 5.41) is 8.74. The summed E-state index contributed by atoms with van der Waals surface area (Å²) in [4.78, 5) is 14.6. The first-order chi connectivity index (χ1) is 10.2. The molecule has 21 heavy (non-hydrogen) atoms. The van der Waals surface area contributed by atoms with E-state index in [2.05, 4.69) is 4.98 Å². The number of aryl methyl sites for hydroxylation is 1. The average Bonchev–Trinajstić information content (AvgIpc) is 2.47. The van der Waals surface area contributed by atoms with Gasteiger partial charge in [0.2, 0.25) is 0 Å². The number of benzene rings is 1. The van der Waals surface area contributed by atoms with Gasteiger partial charge in [-0.3, -0.25) is 4.98 Å². The number of carboxylic acid groups (broad SMARTS) is 1. The second-order valence-corrected chi connectivity index (χ2v) is 4.63. The highest BCUT2D eigenvalue weighted by molar-refractivity contribution is 5.87. The second kappa shape index (κ2) is 7.50. The first kappa shape index (κ1) is 15.1. The molecule has 2 rings (SSSR count). The summed E-state index contributed by atoms with van der Waals surface area (Å²) in [6, 6.07) is 7.94. The van der Waals surface area contributed by atoms with Crippen molar-refractivity contribution in [2.75, 3.05) is 6.61 Å². The molecule has 5 heteroatoms. The van der Waals surface area contributed by atoms with Gasteiger partial charge in [-0.2, -0.15) is 0 Å². The zero-order chi connectivity index (χ0) is 15.1. The van der Waals surface area contributed by atoms with E-state index >= 15 is 0 Å². The van der Waals surface area contributed by atoms with Crippen LogP contribution in [-0.2, 0) is 17.8 Å². The van der Waals surface area contributed by atoms with Crippen LogP contribution in [0, 0.1) is 5.82 Å². The molecule has 0 spiro atoms. The van der Waals surface area contributed by atoms with Gasteiger partial charge in [-0.15, -0.1) is 0 Å². The lowest BCUT2D eigenvalue weighted by Gasteiger charge is -2.06. The number of rotatable bonds is 7. The SMILES string of the molecule is O=C(O)c1ccc(COCCCc2ccncc2)cc1F. The van der Waals surface area contributed by atoms with E-state index in [1.807, 2.05) is 12.1 Å². The van der Waals surface area contributed by atoms with E-state index in [1.54, 1.807) is 18.5 Å². The molecule has 0 radical (unpaired) electrons. The monoisotopic (exact) mass is 289 g/mol. The fraction of sp³-hybridized carbons (Fsp3) is 0.250. The maximum Gasteiger partial charge on any atom is 0.338 e. The molecular weight excluding hydrogens is 273 g/mol. The lowest BCUT2D eigenvalue weighted by atomic mass is 10.1. The van der Waals surface area contributed by atoms with E-state index in [-0.39, 0.29) is 12.2 Å². The van der Waals surface area contributed by atoms with E-state index in [0.29, 0.717) is 12.2 Å². The van der Waals surface area contributed by atoms with Crippen molar-refractivity contribution in [3.05, 3.63) is 65.2 Å². The molecule has 0 amide bonds. The molecule has 0 aliphatic heterocycles. The third-order valence-electron chi connectivity index (χ3n) is 3.04. The fourth-order valence-corrected chi connectivity index (χ4v) is 1.94. The van der Waals surface area contributed by atoms with Gasteiger partial charge in [0, 0.05) is 19.0 Å². The Balaban J connectivity index is 1.74. The quantitative estimate of drug-likeness (QED) is 0.796. The van der Waals surface area contributed by atoms with Crippen LogP contribution in [0.1, 0.15) is 27.9 Å². The molecule has 0 saturated heterocycles. The molecule has 0 unspecified atom stereocenters. The minimum Gasteiger partial charge on any atom is -0.478 e. The molecule has 0 aliphatic carbocycles. The highest BCUT2D eigenvalue weighted by Gasteiger charge is 2.10. The van der Waals surface area contributed by atoms with Gasteiger partial charge >= 0.3 is 5.97 Å². The summed E-state index contributed by atoms with van der Waals surface area (Å²) in [6.45, 7) is 0.831. The van der Waals surface area contributed by atoms with E-state index in [1.165, 1.54) is 17.7 Å². The van der Waals surface area contributed by atoms with Gasteiger partial charge in [-0.1, -0.05) is 6.07 Å². The summed E-state index contributed by atoms with van der Waals surface area (Å²) in [7, 11) is 0. The number of aromatic carboxylic acids is 1. The number of carboxylic acids is 1. The molecule has 0 fully saturated rings. The Labute approximate surface area is 122 Å². The third-order valence-corrected chi connectivity index (χ3v) is 3.04. The topological polar surface area (TPSA) is 59.4 Å². The maximum absolute atomic E-state index is 13.5. The molecule has 1 aromatic carbocycles. The van der Waals surface area contributed by atoms with Gasteiger partial charge in [0.1, 0.15) is 5.82 Å². The Morgan fingerprint density at radius 3 is 2.62 bits per heavy atom. The van der Waals surface area contributed by atoms with Gasteiger partial charge in [0.25, 0.3) is 0 Å². The number of halogens is 1. The van der Waals surface area contributed by atoms with Crippen LogP contribution in [-0.4, -0.2) is 22.7 Å². The summed E-state index contributed by atoms with van der Waals surface area (Å²) < 4.78 is 18.9. The molecule has 4 nitrogen and oxygen atoms in total. The van der Waals surface area contributed by atoms with Gasteiger partial charge in [-0.05, 0) is 48.2 Å². The second-order valence-electron chi connectivity index (χ2n) is 4.63. The first-order valence-corrected chi connectivity index (χ1v) is 6.65. The molecule has 0 saturated carbocycles. The number of nitrogens with zero attached hydrogens (tertiary/aromatic N) is 1. The number of hydrogen-bond acceptors (Lipinski definition) is 3. The zero-order valence-corrected chi connectivity index (χ0v) is 11.5. The van der Waals surface area contributed by atoms with Crippen LogP contribution in [0.2, 0.25) is 0 Å². The molecule has 110 valence electrons. The minimum atomic E-state index is -1.27. The zero-order valence-electron chi connectivity index (χ0n) is 11.5. The summed E-state index contributed by atoms with van der Waals surface area (Å²) in [6.07, 6.45) is 5.26. The molecule has 0 bridgehead atoms. The lowest BCUT2D eigenvalue weighted by Crippen LogP contribution is -2.02. The van der Waals surface area contributed by atoms with Crippen LogP contribution in [0.25, 0.3) is 0 Å². The third kappa shape index (κ3) is 4.65. The van der Waals surface area contributed by atoms with Crippen LogP contribution in [0.15, 0.2) is 42.7 Å². The largest absolute Gasteiger partial charge is 0.478 e. The summed E-state index contributed by atoms with van der Waals surface area (Å²) >= 11 is 0. The maximum atomic E-state index is 13.5. The predicted molar refractivity (Wildman–Crippen MR) is 75.6 cm³/mol. The van der Waals surface area contributed by atoms with Gasteiger partial charge < -0.3 is 9.84 Å². The van der Waals surface area contributed by atoms with E-state index in [4.69, 9.17) is 9.84 Å². The van der Waals surface area contributed by atoms with E-state index in [0.717, 1.165) is 12.8 Å². The molecule has 0 atom stereocenters. The van der Waals surface area contributed by atoms with Crippen molar-refractivity contribution in [1.29, 1.82) is 0 Å². The van der Waals surface area contributed by atoms with Crippen LogP contribution < -0.4 is 0 Å². The van der Waals surface area contributed by atoms with Gasteiger partial charge in [0.15, 0.2) is 0 Å². The van der Waals surface area contributed by atoms with Crippen molar-refractivity contribution in [3.8, 4) is 0 Å². The van der Waals surface area contributed by atoms with Crippen molar-refractivity contribution in [2.24, 2.45) is 0 Å². The van der Waals surface area contributed by atoms with Gasteiger partial charge in [0.05, 0.1) is 12.2 Å². The van der Waals surface area contributed by atoms with Crippen molar-refractivity contribution in [1.82, 2.24) is 4.98 Å². The lowest BCUT2D eigenvalue weighted by molar-refractivity contribution is 0.0691. The number of hydrogen-bond donors (Lipinski definition) is 1. The predicted octanol–water partition coefficient (Wildman–Crippen LogP) is 3.07. The van der Waals surface area contributed by atoms with E-state index < -0.39 is 11.8 Å². The molecule has 2 aromatic rings. The van der Waals surface area contributed by atoms with Crippen molar-refractivity contribution >= 4 is 5.97 Å². The smallest absolute Gasteiger partial charge is 0.338 e. The van der Waals surface area contributed by atoms with Crippen LogP contribution in [0.3, 0.4) is 0 Å². The highest BCUT2D eigenvalue weighted by atomic mass is 19.1. The minimum absolute atomic E-state index is 0.271. The van der Waals surface area contributed by atoms with Crippen LogP contribution in [0.5, 0.6) is 0 Å². The average molecular weight is 289 g/mol. The Bertz CT molecular complexity index is 602. The molecular formula is C16H16FNO3. The Morgan fingerprint density at radius 1 is 1.19 bits per heavy atom. The Kier molecular flexibility index (Phi) is 5.40. The molecule has 1 heterocycles. The van der Waals surface area contributed by atoms with E-state index in [9.17, 15) is 9.18 Å². The number of pyridine rings is 1. The molecule has 0 aliphatic rings. The van der Waals surface area contributed by atoms with Crippen molar-refractivity contribution < 1.29 is 19.0 Å². The summed E-state index contributed by atoms with van der Waals surface area (Å²) in [5.41, 5.74) is 1.50. The van der Waals surface area contributed by atoms with Crippen LogP contribution in [0.4, 0.5) is 4.39 Å². The molecule has 1 aromatic heterocycles. The standard InChI is InChI=1S/C16H16FNO3/c17-15-10-13(3-4-14(15)16(19)20)11-21-9-1-2-12-5-7-18-8-6-12/h3-8,10H,1-2,9,11H2,(H,19,20). The fourth-order valence-electron chi connectivity index (χ4n) is 1.94. The summed E-state index contributed by atoms with van der Waals surface area (Å²) in [5.74, 6) is -2.00. The normalized spacial score (nSPS) is 10.5. The highest BCUT2D eigenvalue weighted by Crippen LogP contribution is 2.12.